The Bertz CT molecular complexity index is 1040. The Labute approximate surface area is 151 Å². The molecule has 2 aromatic heterocycles. The van der Waals surface area contributed by atoms with Crippen molar-refractivity contribution in [3.8, 4) is 22.8 Å². The topological polar surface area (TPSA) is 60.7 Å². The van der Waals surface area contributed by atoms with Crippen molar-refractivity contribution in [2.45, 2.75) is 0 Å². The highest BCUT2D eigenvalue weighted by Gasteiger charge is 2.07. The Morgan fingerprint density at radius 2 is 1.69 bits per heavy atom. The third-order valence-electron chi connectivity index (χ3n) is 4.05. The van der Waals surface area contributed by atoms with Gasteiger partial charge in [0.15, 0.2) is 11.5 Å². The van der Waals surface area contributed by atoms with Crippen LogP contribution in [0.15, 0.2) is 66.9 Å². The molecule has 0 atom stereocenters. The number of hydrogen-bond donors (Lipinski definition) is 1. The van der Waals surface area contributed by atoms with E-state index in [9.17, 15) is 0 Å². The summed E-state index contributed by atoms with van der Waals surface area (Å²) >= 11 is 0. The summed E-state index contributed by atoms with van der Waals surface area (Å²) in [5.41, 5.74) is 3.55. The molecule has 0 fully saturated rings. The Hall–Kier alpha value is -3.54. The van der Waals surface area contributed by atoms with Crippen molar-refractivity contribution in [1.82, 2.24) is 14.6 Å². The zero-order valence-corrected chi connectivity index (χ0v) is 14.5. The normalized spacial score (nSPS) is 10.7. The number of methoxy groups -OCH3 is 2. The van der Waals surface area contributed by atoms with Gasteiger partial charge in [0.1, 0.15) is 11.5 Å². The lowest BCUT2D eigenvalue weighted by molar-refractivity contribution is 0.415. The van der Waals surface area contributed by atoms with E-state index >= 15 is 0 Å². The van der Waals surface area contributed by atoms with Gasteiger partial charge in [-0.1, -0.05) is 12.1 Å². The molecule has 26 heavy (non-hydrogen) atoms. The van der Waals surface area contributed by atoms with Gasteiger partial charge in [-0.3, -0.25) is 0 Å². The van der Waals surface area contributed by atoms with Crippen molar-refractivity contribution in [3.63, 3.8) is 0 Å². The SMILES string of the molecule is COc1ccc(Nc2cn3nc(-c4cccc(OC)c4)ccc3n2)cc1. The average Bonchev–Trinajstić information content (AvgIpc) is 3.10. The maximum atomic E-state index is 5.28. The van der Waals surface area contributed by atoms with Crippen LogP contribution < -0.4 is 14.8 Å². The predicted molar refractivity (Wildman–Crippen MR) is 101 cm³/mol. The van der Waals surface area contributed by atoms with Crippen molar-refractivity contribution in [3.05, 3.63) is 66.9 Å². The Morgan fingerprint density at radius 1 is 0.885 bits per heavy atom. The van der Waals surface area contributed by atoms with E-state index < -0.39 is 0 Å². The van der Waals surface area contributed by atoms with E-state index in [-0.39, 0.29) is 0 Å². The van der Waals surface area contributed by atoms with Gasteiger partial charge in [-0.05, 0) is 48.5 Å². The second-order valence-corrected chi connectivity index (χ2v) is 5.73. The van der Waals surface area contributed by atoms with Crippen LogP contribution >= 0.6 is 0 Å². The third kappa shape index (κ3) is 3.17. The molecule has 6 heteroatoms. The summed E-state index contributed by atoms with van der Waals surface area (Å²) < 4.78 is 12.2. The van der Waals surface area contributed by atoms with Crippen LogP contribution in [0.2, 0.25) is 0 Å². The molecule has 0 saturated carbocycles. The van der Waals surface area contributed by atoms with Crippen LogP contribution in [-0.4, -0.2) is 28.8 Å². The van der Waals surface area contributed by atoms with E-state index in [4.69, 9.17) is 9.47 Å². The first-order chi connectivity index (χ1) is 12.7. The van der Waals surface area contributed by atoms with Gasteiger partial charge < -0.3 is 14.8 Å². The molecule has 0 radical (unpaired) electrons. The van der Waals surface area contributed by atoms with Crippen molar-refractivity contribution in [2.24, 2.45) is 0 Å². The first kappa shape index (κ1) is 16.0. The van der Waals surface area contributed by atoms with Gasteiger partial charge in [-0.25, -0.2) is 9.50 Å². The molecule has 4 rings (SSSR count). The number of fused-ring (bicyclic) bond motifs is 1. The van der Waals surface area contributed by atoms with E-state index in [1.165, 1.54) is 0 Å². The molecular weight excluding hydrogens is 328 g/mol. The maximum absolute atomic E-state index is 5.28. The molecule has 2 heterocycles. The summed E-state index contributed by atoms with van der Waals surface area (Å²) in [5.74, 6) is 2.34. The number of rotatable bonds is 5. The van der Waals surface area contributed by atoms with E-state index in [0.717, 1.165) is 39.9 Å². The maximum Gasteiger partial charge on any atom is 0.156 e. The van der Waals surface area contributed by atoms with Gasteiger partial charge in [-0.15, -0.1) is 0 Å². The summed E-state index contributed by atoms with van der Waals surface area (Å²) in [6, 6.07) is 19.4. The minimum absolute atomic E-state index is 0.727. The van der Waals surface area contributed by atoms with Crippen LogP contribution in [0.5, 0.6) is 11.5 Å². The minimum Gasteiger partial charge on any atom is -0.497 e. The largest absolute Gasteiger partial charge is 0.497 e. The summed E-state index contributed by atoms with van der Waals surface area (Å²) in [5, 5.41) is 7.92. The molecule has 6 nitrogen and oxygen atoms in total. The summed E-state index contributed by atoms with van der Waals surface area (Å²) in [6.45, 7) is 0. The standard InChI is InChI=1S/C20H18N4O2/c1-25-16-8-6-15(7-9-16)21-19-13-24-20(22-19)11-10-18(23-24)14-4-3-5-17(12-14)26-2/h3-13,21H,1-2H3. The zero-order chi connectivity index (χ0) is 17.9. The van der Waals surface area contributed by atoms with Crippen molar-refractivity contribution >= 4 is 17.2 Å². The van der Waals surface area contributed by atoms with Gasteiger partial charge in [0, 0.05) is 11.3 Å². The third-order valence-corrected chi connectivity index (χ3v) is 4.05. The number of aromatic nitrogens is 3. The van der Waals surface area contributed by atoms with Gasteiger partial charge in [0.25, 0.3) is 0 Å². The molecule has 1 N–H and O–H groups in total. The highest BCUT2D eigenvalue weighted by molar-refractivity contribution is 5.64. The lowest BCUT2D eigenvalue weighted by atomic mass is 10.1. The molecule has 0 amide bonds. The fourth-order valence-corrected chi connectivity index (χ4v) is 2.70. The molecule has 0 aliphatic heterocycles. The van der Waals surface area contributed by atoms with E-state index in [0.29, 0.717) is 0 Å². The van der Waals surface area contributed by atoms with E-state index in [1.54, 1.807) is 18.7 Å². The minimum atomic E-state index is 0.727. The van der Waals surface area contributed by atoms with Crippen LogP contribution in [-0.2, 0) is 0 Å². The van der Waals surface area contributed by atoms with Gasteiger partial charge in [0.05, 0.1) is 26.1 Å². The second-order valence-electron chi connectivity index (χ2n) is 5.73. The smallest absolute Gasteiger partial charge is 0.156 e. The molecule has 0 aliphatic rings. The number of ether oxygens (including phenoxy) is 2. The molecule has 0 unspecified atom stereocenters. The number of nitrogens with zero attached hydrogens (tertiary/aromatic N) is 3. The lowest BCUT2D eigenvalue weighted by Gasteiger charge is -2.04. The zero-order valence-electron chi connectivity index (χ0n) is 14.5. The van der Waals surface area contributed by atoms with Gasteiger partial charge in [0.2, 0.25) is 0 Å². The van der Waals surface area contributed by atoms with Crippen LogP contribution in [0.3, 0.4) is 0 Å². The Morgan fingerprint density at radius 3 is 2.46 bits per heavy atom. The molecular formula is C20H18N4O2. The fourth-order valence-electron chi connectivity index (χ4n) is 2.70. The van der Waals surface area contributed by atoms with Crippen molar-refractivity contribution in [2.75, 3.05) is 19.5 Å². The number of anilines is 2. The quantitative estimate of drug-likeness (QED) is 0.588. The molecule has 0 bridgehead atoms. The van der Waals surface area contributed by atoms with Crippen molar-refractivity contribution < 1.29 is 9.47 Å². The van der Waals surface area contributed by atoms with Crippen LogP contribution in [0.4, 0.5) is 11.5 Å². The van der Waals surface area contributed by atoms with Crippen LogP contribution in [0.25, 0.3) is 16.9 Å². The van der Waals surface area contributed by atoms with E-state index in [2.05, 4.69) is 15.4 Å². The molecule has 0 saturated heterocycles. The Balaban J connectivity index is 1.62. The van der Waals surface area contributed by atoms with Crippen LogP contribution in [0.1, 0.15) is 0 Å². The van der Waals surface area contributed by atoms with Gasteiger partial charge >= 0.3 is 0 Å². The monoisotopic (exact) mass is 346 g/mol. The number of benzene rings is 2. The van der Waals surface area contributed by atoms with E-state index in [1.807, 2.05) is 66.9 Å². The Kier molecular flexibility index (Phi) is 4.15. The number of nitrogens with one attached hydrogen (secondary N) is 1. The molecule has 0 aliphatic carbocycles. The summed E-state index contributed by atoms with van der Waals surface area (Å²) in [6.07, 6.45) is 1.86. The lowest BCUT2D eigenvalue weighted by Crippen LogP contribution is -1.93. The first-order valence-electron chi connectivity index (χ1n) is 8.17. The fraction of sp³-hybridized carbons (Fsp3) is 0.100. The molecule has 130 valence electrons. The highest BCUT2D eigenvalue weighted by atomic mass is 16.5. The number of hydrogen-bond acceptors (Lipinski definition) is 5. The molecule has 2 aromatic carbocycles. The highest BCUT2D eigenvalue weighted by Crippen LogP contribution is 2.24. The predicted octanol–water partition coefficient (Wildman–Crippen LogP) is 4.16. The first-order valence-corrected chi connectivity index (χ1v) is 8.17. The molecule has 4 aromatic rings. The van der Waals surface area contributed by atoms with Crippen molar-refractivity contribution in [1.29, 1.82) is 0 Å². The number of imidazole rings is 1. The second kappa shape index (κ2) is 6.76. The summed E-state index contributed by atoms with van der Waals surface area (Å²) in [7, 11) is 3.30. The average molecular weight is 346 g/mol. The van der Waals surface area contributed by atoms with Crippen LogP contribution in [0, 0.1) is 0 Å². The summed E-state index contributed by atoms with van der Waals surface area (Å²) in [4.78, 5) is 4.55. The molecule has 0 spiro atoms. The van der Waals surface area contributed by atoms with Gasteiger partial charge in [-0.2, -0.15) is 5.10 Å².